The van der Waals surface area contributed by atoms with Crippen molar-refractivity contribution in [2.45, 2.75) is 86.5 Å². The van der Waals surface area contributed by atoms with Gasteiger partial charge in [-0.25, -0.2) is 0 Å². The minimum Gasteiger partial charge on any atom is -0.512 e. The fourth-order valence-corrected chi connectivity index (χ4v) is 6.28. The molecule has 233 valence electrons. The van der Waals surface area contributed by atoms with Gasteiger partial charge in [-0.2, -0.15) is 0 Å². The number of aliphatic hydroxyl groups is 1. The van der Waals surface area contributed by atoms with Crippen molar-refractivity contribution in [2.75, 3.05) is 0 Å². The van der Waals surface area contributed by atoms with Gasteiger partial charge in [0.1, 0.15) is 0 Å². The first-order chi connectivity index (χ1) is 20.5. The Balaban J connectivity index is 0.000000239. The molecule has 0 saturated carbocycles. The van der Waals surface area contributed by atoms with Gasteiger partial charge in [0.05, 0.1) is 11.4 Å². The molecule has 0 fully saturated rings. The van der Waals surface area contributed by atoms with Crippen molar-refractivity contribution in [1.82, 2.24) is 9.38 Å². The molecule has 6 aromatic rings. The number of benzene rings is 3. The molecule has 0 bridgehead atoms. The Kier molecular flexibility index (Phi) is 10.2. The number of aryl methyl sites for hydroxylation is 1. The van der Waals surface area contributed by atoms with Gasteiger partial charge in [-0.3, -0.25) is 9.78 Å². The van der Waals surface area contributed by atoms with Crippen LogP contribution < -0.4 is 0 Å². The van der Waals surface area contributed by atoms with E-state index < -0.39 is 0 Å². The number of carbonyl (C=O) groups is 1. The van der Waals surface area contributed by atoms with E-state index in [1.807, 2.05) is 33.9 Å². The van der Waals surface area contributed by atoms with Crippen molar-refractivity contribution in [3.8, 4) is 0 Å². The summed E-state index contributed by atoms with van der Waals surface area (Å²) in [6.45, 7) is 17.0. The zero-order valence-electron chi connectivity index (χ0n) is 27.3. The van der Waals surface area contributed by atoms with Crippen LogP contribution in [0.5, 0.6) is 0 Å². The molecular formula is C39H45IrN2O2-. The Labute approximate surface area is 275 Å². The molecule has 1 N–H and O–H groups in total. The van der Waals surface area contributed by atoms with Crippen molar-refractivity contribution >= 4 is 54.8 Å². The molecule has 0 spiro atoms. The van der Waals surface area contributed by atoms with Crippen molar-refractivity contribution in [1.29, 1.82) is 0 Å². The van der Waals surface area contributed by atoms with Crippen LogP contribution in [0.1, 0.15) is 85.3 Å². The van der Waals surface area contributed by atoms with Crippen LogP contribution >= 0.6 is 0 Å². The summed E-state index contributed by atoms with van der Waals surface area (Å²) >= 11 is 0. The zero-order chi connectivity index (χ0) is 31.1. The molecular weight excluding hydrogens is 721 g/mol. The molecule has 0 aliphatic rings. The minimum atomic E-state index is 0. The van der Waals surface area contributed by atoms with E-state index in [0.717, 1.165) is 42.1 Å². The van der Waals surface area contributed by atoms with Crippen LogP contribution in [0, 0.1) is 24.8 Å². The van der Waals surface area contributed by atoms with Crippen molar-refractivity contribution in [3.05, 3.63) is 83.8 Å². The first-order valence-electron chi connectivity index (χ1n) is 15.9. The third-order valence-corrected chi connectivity index (χ3v) is 9.08. The number of hydrogen-bond donors (Lipinski definition) is 1. The third-order valence-electron chi connectivity index (χ3n) is 9.08. The monoisotopic (exact) mass is 766 g/mol. The van der Waals surface area contributed by atoms with Gasteiger partial charge in [0.15, 0.2) is 5.78 Å². The number of ketones is 1. The summed E-state index contributed by atoms with van der Waals surface area (Å²) in [5, 5.41) is 17.0. The number of aromatic nitrogens is 2. The number of aliphatic hydroxyl groups excluding tert-OH is 1. The quantitative estimate of drug-likeness (QED) is 0.0579. The molecule has 0 amide bonds. The summed E-state index contributed by atoms with van der Waals surface area (Å²) in [6, 6.07) is 21.7. The Hall–Kier alpha value is -3.27. The number of hydrogen-bond acceptors (Lipinski definition) is 3. The van der Waals surface area contributed by atoms with Crippen LogP contribution in [0.2, 0.25) is 0 Å². The average molecular weight is 766 g/mol. The summed E-state index contributed by atoms with van der Waals surface area (Å²) < 4.78 is 2.30. The van der Waals surface area contributed by atoms with Gasteiger partial charge in [-0.1, -0.05) is 88.4 Å². The topological polar surface area (TPSA) is 54.6 Å². The smallest absolute Gasteiger partial charge is 0.162 e. The maximum atomic E-state index is 11.7. The van der Waals surface area contributed by atoms with Gasteiger partial charge in [0, 0.05) is 60.6 Å². The van der Waals surface area contributed by atoms with Crippen LogP contribution in [-0.2, 0) is 30.3 Å². The van der Waals surface area contributed by atoms with Crippen LogP contribution in [-0.4, -0.2) is 20.3 Å². The van der Waals surface area contributed by atoms with E-state index in [-0.39, 0.29) is 48.9 Å². The minimum absolute atomic E-state index is 0. The largest absolute Gasteiger partial charge is 0.512 e. The van der Waals surface area contributed by atoms with E-state index in [0.29, 0.717) is 0 Å². The van der Waals surface area contributed by atoms with E-state index in [4.69, 9.17) is 4.98 Å². The average Bonchev–Trinajstić information content (AvgIpc) is 3.36. The van der Waals surface area contributed by atoms with E-state index in [9.17, 15) is 9.90 Å². The number of pyridine rings is 1. The molecule has 0 atom stereocenters. The van der Waals surface area contributed by atoms with Gasteiger partial charge in [-0.05, 0) is 67.2 Å². The van der Waals surface area contributed by atoms with Gasteiger partial charge in [0.2, 0.25) is 0 Å². The van der Waals surface area contributed by atoms with Gasteiger partial charge in [0.25, 0.3) is 0 Å². The molecule has 1 radical (unpaired) electrons. The molecule has 4 nitrogen and oxygen atoms in total. The molecule has 44 heavy (non-hydrogen) atoms. The molecule has 3 aromatic heterocycles. The van der Waals surface area contributed by atoms with E-state index in [2.05, 4.69) is 86.7 Å². The summed E-state index contributed by atoms with van der Waals surface area (Å²) in [4.78, 5) is 16.5. The third kappa shape index (κ3) is 6.28. The number of nitrogens with zero attached hydrogens (tertiary/aromatic N) is 2. The first kappa shape index (κ1) is 33.6. The van der Waals surface area contributed by atoms with Gasteiger partial charge >= 0.3 is 0 Å². The number of allylic oxidation sites excluding steroid dienone is 2. The van der Waals surface area contributed by atoms with Gasteiger partial charge < -0.3 is 9.51 Å². The Morgan fingerprint density at radius 2 is 1.59 bits per heavy atom. The predicted molar refractivity (Wildman–Crippen MR) is 183 cm³/mol. The van der Waals surface area contributed by atoms with E-state index in [1.165, 1.54) is 49.8 Å². The van der Waals surface area contributed by atoms with Crippen molar-refractivity contribution in [3.63, 3.8) is 0 Å². The zero-order valence-corrected chi connectivity index (χ0v) is 29.7. The molecule has 5 heteroatoms. The standard InChI is InChI=1S/C26H21N2.C13H24O2.Ir/c1-15-5-6-16-12-21-22-14-19(26(2,3)4)10-18-11-20-7-8-27-25(28(20)24(18)22)23(21)13-17(16)9-15;1-5-10(6-2)12(14)9-13(15)11(7-3)8-4;/h5-12,14H,1-4H3;9-11,14H,5-8H2,1-4H3;/q-1;;/b;12-9-;. The van der Waals surface area contributed by atoms with Crippen molar-refractivity contribution in [2.24, 2.45) is 11.8 Å². The molecule has 6 rings (SSSR count). The fourth-order valence-electron chi connectivity index (χ4n) is 6.28. The summed E-state index contributed by atoms with van der Waals surface area (Å²) in [5.41, 5.74) is 6.15. The molecule has 0 saturated heterocycles. The second-order valence-corrected chi connectivity index (χ2v) is 13.0. The van der Waals surface area contributed by atoms with Crippen LogP contribution in [0.4, 0.5) is 0 Å². The normalized spacial score (nSPS) is 12.5. The number of rotatable bonds is 7. The Morgan fingerprint density at radius 3 is 2.23 bits per heavy atom. The molecule has 0 aliphatic heterocycles. The van der Waals surface area contributed by atoms with Crippen LogP contribution in [0.25, 0.3) is 49.0 Å². The van der Waals surface area contributed by atoms with Crippen LogP contribution in [0.15, 0.2) is 66.6 Å². The first-order valence-corrected chi connectivity index (χ1v) is 15.9. The van der Waals surface area contributed by atoms with Crippen molar-refractivity contribution < 1.29 is 30.0 Å². The SMILES string of the molecule is CCC(CC)C(=O)/C=C(\O)C(CC)CC.Cc1ccc2cc3c([c-]c2c1)c1nccc2cc4cc(C(C)(C)C)cc3c4n21.[Ir]. The van der Waals surface area contributed by atoms with E-state index >= 15 is 0 Å². The second kappa shape index (κ2) is 13.4. The van der Waals surface area contributed by atoms with Crippen LogP contribution in [0.3, 0.4) is 0 Å². The molecule has 0 aliphatic carbocycles. The van der Waals surface area contributed by atoms with Gasteiger partial charge in [-0.15, -0.1) is 23.6 Å². The Bertz CT molecular complexity index is 1950. The molecule has 3 aromatic carbocycles. The maximum Gasteiger partial charge on any atom is 0.162 e. The Morgan fingerprint density at radius 1 is 0.909 bits per heavy atom. The summed E-state index contributed by atoms with van der Waals surface area (Å²) in [5.74, 6) is 0.547. The fraction of sp³-hybridized carbons (Fsp3) is 0.385. The number of fused-ring (bicyclic) bond motifs is 4. The molecule has 3 heterocycles. The second-order valence-electron chi connectivity index (χ2n) is 13.0. The molecule has 0 unspecified atom stereocenters. The maximum absolute atomic E-state index is 11.7. The van der Waals surface area contributed by atoms with E-state index in [1.54, 1.807) is 0 Å². The summed E-state index contributed by atoms with van der Waals surface area (Å²) in [6.07, 6.45) is 6.82. The number of carbonyl (C=O) groups excluding carboxylic acids is 1. The summed E-state index contributed by atoms with van der Waals surface area (Å²) in [7, 11) is 0. The predicted octanol–water partition coefficient (Wildman–Crippen LogP) is 10.7.